The molecule has 0 aromatic carbocycles. The number of amides is 2. The van der Waals surface area contributed by atoms with E-state index in [0.29, 0.717) is 35.8 Å². The topological polar surface area (TPSA) is 160 Å². The monoisotopic (exact) mass is 397 g/mol. The van der Waals surface area contributed by atoms with Gasteiger partial charge in [0.25, 0.3) is 0 Å². The number of nitrogens with one attached hydrogen (secondary N) is 2. The first-order valence-corrected chi connectivity index (χ1v) is 9.72. The van der Waals surface area contributed by atoms with Crippen LogP contribution < -0.4 is 16.4 Å². The van der Waals surface area contributed by atoms with Gasteiger partial charge in [-0.3, -0.25) is 4.57 Å². The predicted octanol–water partition coefficient (Wildman–Crippen LogP) is -0.920. The van der Waals surface area contributed by atoms with Crippen molar-refractivity contribution in [2.75, 3.05) is 30.3 Å². The molecule has 0 radical (unpaired) electrons. The number of aliphatic hydroxyl groups excluding tert-OH is 2. The van der Waals surface area contributed by atoms with E-state index >= 15 is 0 Å². The summed E-state index contributed by atoms with van der Waals surface area (Å²) in [6.45, 7) is 2.91. The number of carbonyl (C=O) groups excluding carboxylic acids is 1. The number of hydrogen-bond acceptors (Lipinski definition) is 9. The number of nitrogens with two attached hydrogens (primary N) is 1. The molecule has 2 aromatic rings. The van der Waals surface area contributed by atoms with E-state index in [9.17, 15) is 15.0 Å². The number of aliphatic hydroxyl groups is 2. The molecule has 1 fully saturated rings. The van der Waals surface area contributed by atoms with Gasteiger partial charge in [0.05, 0.1) is 12.4 Å². The molecule has 0 unspecified atom stereocenters. The van der Waals surface area contributed by atoms with Gasteiger partial charge in [0.15, 0.2) is 17.7 Å². The quantitative estimate of drug-likeness (QED) is 0.372. The molecule has 6 N–H and O–H groups in total. The molecule has 148 valence electrons. The lowest BCUT2D eigenvalue weighted by Gasteiger charge is -2.16. The second kappa shape index (κ2) is 8.69. The average molecular weight is 397 g/mol. The van der Waals surface area contributed by atoms with Crippen molar-refractivity contribution in [3.05, 3.63) is 12.7 Å². The Kier molecular flexibility index (Phi) is 6.31. The fourth-order valence-corrected chi connectivity index (χ4v) is 3.73. The zero-order valence-corrected chi connectivity index (χ0v) is 15.6. The Bertz CT molecular complexity index is 789. The van der Waals surface area contributed by atoms with Crippen molar-refractivity contribution >= 4 is 34.8 Å². The van der Waals surface area contributed by atoms with Crippen LogP contribution in [0.5, 0.6) is 0 Å². The van der Waals surface area contributed by atoms with E-state index in [1.807, 2.05) is 6.92 Å². The minimum absolute atomic E-state index is 0.209. The lowest BCUT2D eigenvalue weighted by molar-refractivity contribution is -0.0289. The van der Waals surface area contributed by atoms with Gasteiger partial charge in [-0.25, -0.2) is 19.7 Å². The smallest absolute Gasteiger partial charge is 0.314 e. The van der Waals surface area contributed by atoms with Crippen LogP contribution in [0.4, 0.5) is 10.6 Å². The summed E-state index contributed by atoms with van der Waals surface area (Å²) in [5.74, 6) is 1.36. The fraction of sp³-hybridized carbons (Fsp3) is 0.600. The summed E-state index contributed by atoms with van der Waals surface area (Å²) in [5.41, 5.74) is 6.62. The Morgan fingerprint density at radius 1 is 1.33 bits per heavy atom. The standard InChI is InChI=1S/C15H23N7O4S/c1-2-17-15(25)18-3-4-27-5-8-10(23)11(24)14(26-8)22-7-21-9-12(16)19-6-20-13(9)22/h6-8,10-11,14,23-24H,2-5H2,1H3,(H2,16,19,20)(H2,17,18,25)/t8-,10+,11+,14-/m1/s1. The molecule has 4 atom stereocenters. The third-order valence-corrected chi connectivity index (χ3v) is 5.21. The second-order valence-electron chi connectivity index (χ2n) is 5.99. The van der Waals surface area contributed by atoms with Crippen molar-refractivity contribution in [3.63, 3.8) is 0 Å². The number of rotatable bonds is 7. The second-order valence-corrected chi connectivity index (χ2v) is 7.14. The predicted molar refractivity (Wildman–Crippen MR) is 100 cm³/mol. The number of thioether (sulfide) groups is 1. The Labute approximate surface area is 159 Å². The van der Waals surface area contributed by atoms with Gasteiger partial charge in [0.2, 0.25) is 0 Å². The molecule has 11 nitrogen and oxygen atoms in total. The van der Waals surface area contributed by atoms with Gasteiger partial charge >= 0.3 is 6.03 Å². The minimum Gasteiger partial charge on any atom is -0.387 e. The van der Waals surface area contributed by atoms with E-state index in [2.05, 4.69) is 25.6 Å². The van der Waals surface area contributed by atoms with Crippen LogP contribution in [0.1, 0.15) is 13.2 Å². The van der Waals surface area contributed by atoms with Crippen LogP contribution in [0.3, 0.4) is 0 Å². The summed E-state index contributed by atoms with van der Waals surface area (Å²) >= 11 is 1.51. The van der Waals surface area contributed by atoms with E-state index in [-0.39, 0.29) is 11.8 Å². The first-order chi connectivity index (χ1) is 13.0. The SMILES string of the molecule is CCNC(=O)NCCSC[C@H]1O[C@@H](n2cnc3c(N)ncnc32)[C@@H](O)[C@H]1O. The van der Waals surface area contributed by atoms with Crippen LogP contribution >= 0.6 is 11.8 Å². The maximum absolute atomic E-state index is 11.3. The molecule has 27 heavy (non-hydrogen) atoms. The Hall–Kier alpha value is -2.15. The van der Waals surface area contributed by atoms with Crippen molar-refractivity contribution < 1.29 is 19.7 Å². The van der Waals surface area contributed by atoms with Crippen molar-refractivity contribution in [2.24, 2.45) is 0 Å². The minimum atomic E-state index is -1.13. The molecule has 1 aliphatic heterocycles. The van der Waals surface area contributed by atoms with E-state index in [1.54, 1.807) is 4.57 Å². The molecule has 3 rings (SSSR count). The largest absolute Gasteiger partial charge is 0.387 e. The lowest BCUT2D eigenvalue weighted by atomic mass is 10.1. The van der Waals surface area contributed by atoms with Crippen molar-refractivity contribution in [1.29, 1.82) is 0 Å². The average Bonchev–Trinajstić information content (AvgIpc) is 3.19. The van der Waals surface area contributed by atoms with Crippen LogP contribution in [-0.2, 0) is 4.74 Å². The summed E-state index contributed by atoms with van der Waals surface area (Å²) in [7, 11) is 0. The fourth-order valence-electron chi connectivity index (χ4n) is 2.81. The molecule has 0 aliphatic carbocycles. The summed E-state index contributed by atoms with van der Waals surface area (Å²) < 4.78 is 7.39. The van der Waals surface area contributed by atoms with Gasteiger partial charge < -0.3 is 31.3 Å². The molecular formula is C15H23N7O4S. The van der Waals surface area contributed by atoms with Crippen LogP contribution in [0, 0.1) is 0 Å². The number of ether oxygens (including phenoxy) is 1. The maximum atomic E-state index is 11.3. The van der Waals surface area contributed by atoms with Crippen LogP contribution in [0.15, 0.2) is 12.7 Å². The van der Waals surface area contributed by atoms with Gasteiger partial charge in [0, 0.05) is 24.6 Å². The number of nitrogen functional groups attached to an aromatic ring is 1. The number of carbonyl (C=O) groups is 1. The van der Waals surface area contributed by atoms with Crippen LogP contribution in [0.25, 0.3) is 11.2 Å². The first kappa shape index (κ1) is 19.6. The van der Waals surface area contributed by atoms with E-state index in [0.717, 1.165) is 0 Å². The highest BCUT2D eigenvalue weighted by Gasteiger charge is 2.44. The van der Waals surface area contributed by atoms with E-state index in [1.165, 1.54) is 24.4 Å². The third-order valence-electron chi connectivity index (χ3n) is 4.15. The number of aromatic nitrogens is 4. The summed E-state index contributed by atoms with van der Waals surface area (Å²) in [5, 5.41) is 26.1. The van der Waals surface area contributed by atoms with Gasteiger partial charge in [-0.2, -0.15) is 11.8 Å². The molecule has 1 aliphatic rings. The maximum Gasteiger partial charge on any atom is 0.314 e. The number of hydrogen-bond donors (Lipinski definition) is 5. The third kappa shape index (κ3) is 4.24. The van der Waals surface area contributed by atoms with Crippen LogP contribution in [0.2, 0.25) is 0 Å². The zero-order chi connectivity index (χ0) is 19.4. The van der Waals surface area contributed by atoms with Gasteiger partial charge in [0.1, 0.15) is 24.1 Å². The molecule has 0 bridgehead atoms. The highest BCUT2D eigenvalue weighted by molar-refractivity contribution is 7.99. The van der Waals surface area contributed by atoms with Gasteiger partial charge in [-0.05, 0) is 6.92 Å². The van der Waals surface area contributed by atoms with Crippen molar-refractivity contribution in [2.45, 2.75) is 31.5 Å². The summed E-state index contributed by atoms with van der Waals surface area (Å²) in [6.07, 6.45) is -0.785. The number of imidazole rings is 1. The van der Waals surface area contributed by atoms with Crippen molar-refractivity contribution in [1.82, 2.24) is 30.2 Å². The molecule has 2 amide bonds. The Morgan fingerprint density at radius 3 is 2.93 bits per heavy atom. The number of urea groups is 1. The number of fused-ring (bicyclic) bond motifs is 1. The molecule has 3 heterocycles. The molecule has 1 saturated heterocycles. The normalized spacial score (nSPS) is 25.0. The molecule has 12 heteroatoms. The lowest BCUT2D eigenvalue weighted by Crippen LogP contribution is -2.36. The van der Waals surface area contributed by atoms with E-state index < -0.39 is 24.5 Å². The van der Waals surface area contributed by atoms with Gasteiger partial charge in [-0.15, -0.1) is 0 Å². The number of anilines is 1. The molecule has 0 spiro atoms. The molecule has 0 saturated carbocycles. The van der Waals surface area contributed by atoms with Crippen molar-refractivity contribution in [3.8, 4) is 0 Å². The Balaban J connectivity index is 1.56. The number of nitrogens with zero attached hydrogens (tertiary/aromatic N) is 4. The highest BCUT2D eigenvalue weighted by Crippen LogP contribution is 2.33. The van der Waals surface area contributed by atoms with E-state index in [4.69, 9.17) is 10.5 Å². The first-order valence-electron chi connectivity index (χ1n) is 8.57. The molecular weight excluding hydrogens is 374 g/mol. The van der Waals surface area contributed by atoms with Gasteiger partial charge in [-0.1, -0.05) is 0 Å². The summed E-state index contributed by atoms with van der Waals surface area (Å²) in [4.78, 5) is 23.5. The summed E-state index contributed by atoms with van der Waals surface area (Å²) in [6, 6.07) is -0.209. The molecule has 2 aromatic heterocycles. The highest BCUT2D eigenvalue weighted by atomic mass is 32.2. The Morgan fingerprint density at radius 2 is 2.15 bits per heavy atom. The van der Waals surface area contributed by atoms with Crippen LogP contribution in [-0.4, -0.2) is 78.7 Å². The zero-order valence-electron chi connectivity index (χ0n) is 14.8.